The van der Waals surface area contributed by atoms with Crippen molar-refractivity contribution >= 4 is 22.8 Å². The number of hydrogen-bond acceptors (Lipinski definition) is 5. The van der Waals surface area contributed by atoms with Gasteiger partial charge in [0.1, 0.15) is 0 Å². The summed E-state index contributed by atoms with van der Waals surface area (Å²) < 4.78 is 0. The van der Waals surface area contributed by atoms with E-state index in [9.17, 15) is 9.90 Å². The Balaban J connectivity index is 0.00000162. The molecule has 0 radical (unpaired) electrons. The van der Waals surface area contributed by atoms with Gasteiger partial charge in [0.15, 0.2) is 17.3 Å². The zero-order valence-corrected chi connectivity index (χ0v) is 11.6. The molecular formula is C12H15BrN2O3. The summed E-state index contributed by atoms with van der Waals surface area (Å²) in [6.07, 6.45) is 3.74. The van der Waals surface area contributed by atoms with E-state index in [0.717, 1.165) is 0 Å². The maximum absolute atomic E-state index is 11.9. The number of ketones is 1. The molecule has 1 aliphatic rings. The minimum absolute atomic E-state index is 0. The Hall–Kier alpha value is -1.69. The molecule has 0 atom stereocenters. The van der Waals surface area contributed by atoms with E-state index in [1.807, 2.05) is 29.2 Å². The van der Waals surface area contributed by atoms with Crippen LogP contribution in [0.3, 0.4) is 0 Å². The molecule has 2 N–H and O–H groups in total. The maximum Gasteiger partial charge on any atom is 0.182 e. The third kappa shape index (κ3) is 3.16. The van der Waals surface area contributed by atoms with Crippen molar-refractivity contribution in [1.82, 2.24) is 9.80 Å². The van der Waals surface area contributed by atoms with Gasteiger partial charge in [0.25, 0.3) is 0 Å². The highest BCUT2D eigenvalue weighted by Gasteiger charge is 2.15. The van der Waals surface area contributed by atoms with Gasteiger partial charge in [0.2, 0.25) is 0 Å². The molecule has 0 bridgehead atoms. The van der Waals surface area contributed by atoms with E-state index in [0.29, 0.717) is 12.2 Å². The summed E-state index contributed by atoms with van der Waals surface area (Å²) in [7, 11) is 1.92. The van der Waals surface area contributed by atoms with Crippen LogP contribution >= 0.6 is 17.0 Å². The molecule has 0 aliphatic carbocycles. The fourth-order valence-electron chi connectivity index (χ4n) is 1.66. The second-order valence-electron chi connectivity index (χ2n) is 4.07. The van der Waals surface area contributed by atoms with Crippen LogP contribution in [0.2, 0.25) is 0 Å². The van der Waals surface area contributed by atoms with Crippen molar-refractivity contribution in [2.24, 2.45) is 0 Å². The van der Waals surface area contributed by atoms with Crippen LogP contribution in [0, 0.1) is 0 Å². The van der Waals surface area contributed by atoms with Crippen molar-refractivity contribution in [3.8, 4) is 11.5 Å². The summed E-state index contributed by atoms with van der Waals surface area (Å²) in [5.41, 5.74) is 0.392. The van der Waals surface area contributed by atoms with Gasteiger partial charge in [-0.25, -0.2) is 0 Å². The quantitative estimate of drug-likeness (QED) is 0.654. The molecule has 2 rings (SSSR count). The van der Waals surface area contributed by atoms with Crippen LogP contribution in [0.4, 0.5) is 0 Å². The predicted octanol–water partition coefficient (Wildman–Crippen LogP) is 1.53. The van der Waals surface area contributed by atoms with E-state index in [1.54, 1.807) is 0 Å². The third-order valence-electron chi connectivity index (χ3n) is 2.58. The molecule has 1 heterocycles. The molecule has 1 aliphatic heterocycles. The van der Waals surface area contributed by atoms with Crippen LogP contribution < -0.4 is 0 Å². The molecule has 0 amide bonds. The number of carbonyl (C=O) groups is 1. The predicted molar refractivity (Wildman–Crippen MR) is 72.9 cm³/mol. The molecule has 0 aromatic heterocycles. The number of phenols is 2. The lowest BCUT2D eigenvalue weighted by molar-refractivity contribution is 0.0948. The second-order valence-corrected chi connectivity index (χ2v) is 4.07. The van der Waals surface area contributed by atoms with E-state index in [1.165, 1.54) is 18.2 Å². The molecule has 0 spiro atoms. The van der Waals surface area contributed by atoms with Crippen molar-refractivity contribution < 1.29 is 15.0 Å². The lowest BCUT2D eigenvalue weighted by atomic mass is 10.1. The molecule has 18 heavy (non-hydrogen) atoms. The number of Topliss-reactive ketones (excluding diaryl/α,β-unsaturated/α-hetero) is 1. The van der Waals surface area contributed by atoms with Gasteiger partial charge in [0.05, 0.1) is 13.2 Å². The molecule has 0 unspecified atom stereocenters. The molecule has 0 saturated carbocycles. The van der Waals surface area contributed by atoms with Crippen molar-refractivity contribution in [2.45, 2.75) is 0 Å². The van der Waals surface area contributed by atoms with E-state index in [4.69, 9.17) is 5.11 Å². The van der Waals surface area contributed by atoms with Gasteiger partial charge in [-0.2, -0.15) is 0 Å². The largest absolute Gasteiger partial charge is 0.504 e. The first-order valence-electron chi connectivity index (χ1n) is 5.24. The fraction of sp³-hybridized carbons (Fsp3) is 0.250. The molecule has 0 saturated heterocycles. The minimum atomic E-state index is -0.273. The number of rotatable bonds is 3. The van der Waals surface area contributed by atoms with Crippen LogP contribution in [-0.2, 0) is 0 Å². The zero-order chi connectivity index (χ0) is 12.4. The molecule has 98 valence electrons. The summed E-state index contributed by atoms with van der Waals surface area (Å²) in [4.78, 5) is 15.7. The highest BCUT2D eigenvalue weighted by Crippen LogP contribution is 2.25. The number of aromatic hydroxyl groups is 2. The Labute approximate surface area is 116 Å². The highest BCUT2D eigenvalue weighted by molar-refractivity contribution is 8.93. The second kappa shape index (κ2) is 5.77. The average Bonchev–Trinajstić information content (AvgIpc) is 2.68. The Bertz CT molecular complexity index is 476. The molecule has 1 aromatic carbocycles. The Morgan fingerprint density at radius 3 is 2.56 bits per heavy atom. The van der Waals surface area contributed by atoms with Crippen LogP contribution in [0.1, 0.15) is 10.4 Å². The standard InChI is InChI=1S/C12H14N2O3.BrH/c1-13-4-5-14(8-13)7-12(17)9-2-3-10(15)11(16)6-9;/h2-6,15-16H,7-8H2,1H3;1H. The topological polar surface area (TPSA) is 64.0 Å². The van der Waals surface area contributed by atoms with Crippen LogP contribution in [0.15, 0.2) is 30.6 Å². The normalized spacial score (nSPS) is 13.6. The number of carbonyl (C=O) groups excluding carboxylic acids is 1. The zero-order valence-electron chi connectivity index (χ0n) is 9.91. The Morgan fingerprint density at radius 1 is 1.28 bits per heavy atom. The lowest BCUT2D eigenvalue weighted by Crippen LogP contribution is -2.27. The first kappa shape index (κ1) is 14.4. The summed E-state index contributed by atoms with van der Waals surface area (Å²) in [6, 6.07) is 4.09. The summed E-state index contributed by atoms with van der Waals surface area (Å²) in [5.74, 6) is -0.590. The Kier molecular flexibility index (Phi) is 4.61. The monoisotopic (exact) mass is 314 g/mol. The van der Waals surface area contributed by atoms with E-state index < -0.39 is 0 Å². The lowest BCUT2D eigenvalue weighted by Gasteiger charge is -2.17. The van der Waals surface area contributed by atoms with Gasteiger partial charge >= 0.3 is 0 Å². The van der Waals surface area contributed by atoms with Gasteiger partial charge in [0, 0.05) is 25.0 Å². The number of halogens is 1. The van der Waals surface area contributed by atoms with Crippen molar-refractivity contribution in [3.63, 3.8) is 0 Å². The van der Waals surface area contributed by atoms with Crippen molar-refractivity contribution in [3.05, 3.63) is 36.2 Å². The van der Waals surface area contributed by atoms with E-state index in [-0.39, 0.29) is 40.8 Å². The molecule has 1 aromatic rings. The first-order valence-corrected chi connectivity index (χ1v) is 5.24. The average molecular weight is 315 g/mol. The minimum Gasteiger partial charge on any atom is -0.504 e. The van der Waals surface area contributed by atoms with Gasteiger partial charge < -0.3 is 20.0 Å². The smallest absolute Gasteiger partial charge is 0.182 e. The van der Waals surface area contributed by atoms with Crippen molar-refractivity contribution in [1.29, 1.82) is 0 Å². The van der Waals surface area contributed by atoms with E-state index in [2.05, 4.69) is 0 Å². The molecule has 6 heteroatoms. The van der Waals surface area contributed by atoms with Gasteiger partial charge in [-0.1, -0.05) is 0 Å². The first-order chi connectivity index (χ1) is 8.06. The maximum atomic E-state index is 11.9. The molecule has 0 fully saturated rings. The fourth-order valence-corrected chi connectivity index (χ4v) is 1.66. The van der Waals surface area contributed by atoms with Crippen LogP contribution in [0.25, 0.3) is 0 Å². The van der Waals surface area contributed by atoms with Crippen LogP contribution in [-0.4, -0.2) is 46.1 Å². The summed E-state index contributed by atoms with van der Waals surface area (Å²) >= 11 is 0. The number of nitrogens with zero attached hydrogens (tertiary/aromatic N) is 2. The number of phenolic OH excluding ortho intramolecular Hbond substituents is 2. The molecule has 5 nitrogen and oxygen atoms in total. The number of benzene rings is 1. The van der Waals surface area contributed by atoms with E-state index >= 15 is 0 Å². The van der Waals surface area contributed by atoms with Gasteiger partial charge in [-0.05, 0) is 18.2 Å². The van der Waals surface area contributed by atoms with Crippen molar-refractivity contribution in [2.75, 3.05) is 20.3 Å². The third-order valence-corrected chi connectivity index (χ3v) is 2.58. The summed E-state index contributed by atoms with van der Waals surface area (Å²) in [5, 5.41) is 18.5. The number of hydrogen-bond donors (Lipinski definition) is 2. The highest BCUT2D eigenvalue weighted by atomic mass is 79.9. The van der Waals surface area contributed by atoms with Gasteiger partial charge in [-0.3, -0.25) is 4.79 Å². The molecular weight excluding hydrogens is 300 g/mol. The van der Waals surface area contributed by atoms with Gasteiger partial charge in [-0.15, -0.1) is 17.0 Å². The van der Waals surface area contributed by atoms with Crippen LogP contribution in [0.5, 0.6) is 11.5 Å². The SMILES string of the molecule is Br.CN1C=CN(CC(=O)c2ccc(O)c(O)c2)C1. The Morgan fingerprint density at radius 2 is 2.00 bits per heavy atom. The summed E-state index contributed by atoms with van der Waals surface area (Å²) in [6.45, 7) is 0.931.